The van der Waals surface area contributed by atoms with Crippen LogP contribution in [-0.2, 0) is 0 Å². The van der Waals surface area contributed by atoms with Crippen molar-refractivity contribution in [2.75, 3.05) is 9.80 Å². The van der Waals surface area contributed by atoms with E-state index in [1.807, 2.05) is 41.3 Å². The highest BCUT2D eigenvalue weighted by atomic mass is 16.5. The van der Waals surface area contributed by atoms with Crippen molar-refractivity contribution in [3.63, 3.8) is 0 Å². The number of hydrogen-bond donors (Lipinski definition) is 0. The van der Waals surface area contributed by atoms with Gasteiger partial charge in [0.15, 0.2) is 0 Å². The van der Waals surface area contributed by atoms with Gasteiger partial charge in [-0.2, -0.15) is 0 Å². The molecule has 0 radical (unpaired) electrons. The quantitative estimate of drug-likeness (QED) is 0.261. The van der Waals surface area contributed by atoms with Crippen LogP contribution in [0, 0.1) is 0 Å². The zero-order valence-electron chi connectivity index (χ0n) is 30.8. The van der Waals surface area contributed by atoms with Crippen molar-refractivity contribution in [1.29, 1.82) is 0 Å². The first-order valence-corrected chi connectivity index (χ1v) is 16.7. The van der Waals surface area contributed by atoms with Gasteiger partial charge in [-0.25, -0.2) is 0 Å². The number of fused-ring (bicyclic) bond motifs is 9. The zero-order chi connectivity index (χ0) is 35.9. The number of anilines is 6. The van der Waals surface area contributed by atoms with Gasteiger partial charge >= 0.3 is 0 Å². The van der Waals surface area contributed by atoms with Crippen LogP contribution in [0.25, 0.3) is 0 Å². The fourth-order valence-corrected chi connectivity index (χ4v) is 9.78. The molecule has 49 heavy (non-hydrogen) atoms. The fourth-order valence-electron chi connectivity index (χ4n) is 9.78. The lowest BCUT2D eigenvalue weighted by molar-refractivity contribution is 0.487. The van der Waals surface area contributed by atoms with Crippen LogP contribution in [0.3, 0.4) is 0 Å². The molecule has 0 aliphatic carbocycles. The fraction of sp³-hybridized carbons (Fsp3) is 0. The van der Waals surface area contributed by atoms with Crippen molar-refractivity contribution < 1.29 is 16.3 Å². The average Bonchev–Trinajstić information content (AvgIpc) is 3.21. The second kappa shape index (κ2) is 8.50. The first-order valence-electron chi connectivity index (χ1n) is 19.2. The molecule has 0 fully saturated rings. The number of ether oxygens (including phenoxy) is 2. The summed E-state index contributed by atoms with van der Waals surface area (Å²) >= 11 is 0. The third-order valence-corrected chi connectivity index (χ3v) is 11.5. The Morgan fingerprint density at radius 1 is 0.408 bits per heavy atom. The molecule has 6 heterocycles. The van der Waals surface area contributed by atoms with E-state index in [-0.39, 0.29) is 50.0 Å². The van der Waals surface area contributed by atoms with Crippen LogP contribution in [0.5, 0.6) is 23.0 Å². The Bertz CT molecular complexity index is 2930. The van der Waals surface area contributed by atoms with E-state index in [9.17, 15) is 0 Å². The summed E-state index contributed by atoms with van der Waals surface area (Å²) in [6, 6.07) is 36.2. The largest absolute Gasteiger partial charge is 0.458 e. The molecule has 0 amide bonds. The first kappa shape index (κ1) is 21.0. The maximum absolute atomic E-state index is 9.15. The van der Waals surface area contributed by atoms with Crippen molar-refractivity contribution in [3.8, 4) is 23.0 Å². The molecule has 6 aliphatic rings. The van der Waals surface area contributed by atoms with E-state index in [4.69, 9.17) is 16.3 Å². The third-order valence-electron chi connectivity index (χ3n) is 11.5. The summed E-state index contributed by atoms with van der Waals surface area (Å²) in [6.45, 7) is -0.394. The van der Waals surface area contributed by atoms with Crippen LogP contribution in [0.2, 0.25) is 0 Å². The maximum Gasteiger partial charge on any atom is 0.256 e. The maximum atomic E-state index is 9.15. The summed E-state index contributed by atoms with van der Waals surface area (Å²) in [6.07, 6.45) is 0. The van der Waals surface area contributed by atoms with E-state index < -0.39 is 6.04 Å². The Labute approximate surface area is 291 Å². The van der Waals surface area contributed by atoms with E-state index in [1.54, 1.807) is 0 Å². The van der Waals surface area contributed by atoms with Crippen molar-refractivity contribution in [1.82, 2.24) is 0 Å². The lowest BCUT2D eigenvalue weighted by Crippen LogP contribution is -2.73. The Kier molecular flexibility index (Phi) is 3.65. The molecular weight excluding hydrogens is 597 g/mol. The molecule has 0 bridgehead atoms. The van der Waals surface area contributed by atoms with Gasteiger partial charge in [-0.1, -0.05) is 90.9 Å². The minimum atomic E-state index is -0.410. The summed E-state index contributed by atoms with van der Waals surface area (Å²) in [4.78, 5) is 4.35. The van der Waals surface area contributed by atoms with E-state index >= 15 is 0 Å². The molecule has 0 saturated heterocycles. The molecule has 0 atom stereocenters. The number of hydrogen-bond acceptors (Lipinski definition) is 4. The van der Waals surface area contributed by atoms with Crippen molar-refractivity contribution in [2.45, 2.75) is 0 Å². The number of rotatable bonds is 1. The van der Waals surface area contributed by atoms with Crippen LogP contribution < -0.4 is 68.4 Å². The van der Waals surface area contributed by atoms with Gasteiger partial charge in [0.1, 0.15) is 23.0 Å². The summed E-state index contributed by atoms with van der Waals surface area (Å²) in [5.74, 6) is 3.38. The Balaban J connectivity index is 1.21. The van der Waals surface area contributed by atoms with Crippen LogP contribution in [0.4, 0.5) is 34.1 Å². The van der Waals surface area contributed by atoms with Gasteiger partial charge in [-0.3, -0.25) is 0 Å². The average molecular weight is 625 g/mol. The van der Waals surface area contributed by atoms with Crippen LogP contribution in [0.15, 0.2) is 139 Å². The highest BCUT2D eigenvalue weighted by Gasteiger charge is 2.55. The van der Waals surface area contributed by atoms with Crippen molar-refractivity contribution in [2.24, 2.45) is 0 Å². The highest BCUT2D eigenvalue weighted by molar-refractivity contribution is 7.07. The normalized spacial score (nSPS) is 16.5. The van der Waals surface area contributed by atoms with Gasteiger partial charge in [-0.15, -0.1) is 0 Å². The number of para-hydroxylation sites is 4. The Morgan fingerprint density at radius 2 is 0.918 bits per heavy atom. The SMILES string of the molecule is [2H]c1c([2H])c([2H])c(N2c3ccccc3B3c4ccc5c6c4N4c7c(ccc8c7B(c7ccccc7O8)c7ccc2c3c74)B6c2ccccc2O5)c([2H])c1[2H]. The Hall–Kier alpha value is -6.07. The van der Waals surface area contributed by atoms with Gasteiger partial charge in [0.2, 0.25) is 0 Å². The molecule has 7 aromatic carbocycles. The molecule has 4 nitrogen and oxygen atoms in total. The molecule has 0 unspecified atom stereocenters. The third kappa shape index (κ3) is 2.82. The highest BCUT2D eigenvalue weighted by Crippen LogP contribution is 2.48. The molecule has 0 N–H and O–H groups in total. The van der Waals surface area contributed by atoms with Crippen molar-refractivity contribution in [3.05, 3.63) is 139 Å². The zero-order valence-corrected chi connectivity index (χ0v) is 25.8. The van der Waals surface area contributed by atoms with Gasteiger partial charge in [0.05, 0.1) is 6.85 Å². The second-order valence-electron chi connectivity index (χ2n) is 13.5. The predicted octanol–water partition coefficient (Wildman–Crippen LogP) is 3.64. The molecular formula is C42H23B3N2O2. The standard InChI is InChI=1S/C42H23B3N2O2/c1-2-10-24(11-3-1)46-31-15-7-4-12-25(31)43-29-19-22-35-38-41(29)47-40-28(18-21-32(46)37(40)43)44-26-13-5-8-16-33(26)48-36-23-20-30(42(47)39(36)44)45(38)27-14-6-9-17-34(27)49-35/h1-23H/i1D,2D,3D,10D,11D. The lowest BCUT2D eigenvalue weighted by atomic mass is 9.25. The molecule has 0 aromatic heterocycles. The predicted molar refractivity (Wildman–Crippen MR) is 203 cm³/mol. The molecule has 6 aliphatic heterocycles. The van der Waals surface area contributed by atoms with Crippen LogP contribution >= 0.6 is 0 Å². The molecule has 7 heteroatoms. The molecule has 222 valence electrons. The number of benzene rings is 7. The van der Waals surface area contributed by atoms with E-state index in [1.165, 1.54) is 5.46 Å². The van der Waals surface area contributed by atoms with Gasteiger partial charge in [0.25, 0.3) is 20.1 Å². The second-order valence-corrected chi connectivity index (χ2v) is 13.5. The van der Waals surface area contributed by atoms with E-state index in [2.05, 4.69) is 77.7 Å². The molecule has 7 aromatic rings. The van der Waals surface area contributed by atoms with Crippen LogP contribution in [-0.4, -0.2) is 20.1 Å². The van der Waals surface area contributed by atoms with Crippen LogP contribution in [0.1, 0.15) is 6.85 Å². The molecule has 13 rings (SSSR count). The molecule has 0 spiro atoms. The van der Waals surface area contributed by atoms with Gasteiger partial charge < -0.3 is 19.3 Å². The van der Waals surface area contributed by atoms with E-state index in [0.29, 0.717) is 0 Å². The summed E-state index contributed by atoms with van der Waals surface area (Å²) in [5, 5.41) is 0. The minimum Gasteiger partial charge on any atom is -0.458 e. The van der Waals surface area contributed by atoms with Crippen molar-refractivity contribution >= 4 is 103 Å². The monoisotopic (exact) mass is 625 g/mol. The summed E-state index contributed by atoms with van der Waals surface area (Å²) < 4.78 is 57.5. The summed E-state index contributed by atoms with van der Waals surface area (Å²) in [7, 11) is 0. The minimum absolute atomic E-state index is 0.0676. The lowest BCUT2D eigenvalue weighted by Gasteiger charge is -2.52. The first-order chi connectivity index (χ1) is 26.4. The topological polar surface area (TPSA) is 24.9 Å². The van der Waals surface area contributed by atoms with E-state index in [0.717, 1.165) is 95.1 Å². The molecule has 0 saturated carbocycles. The smallest absolute Gasteiger partial charge is 0.256 e. The summed E-state index contributed by atoms with van der Waals surface area (Å²) in [5.41, 5.74) is 15.0. The van der Waals surface area contributed by atoms with Gasteiger partial charge in [0, 0.05) is 34.1 Å². The Morgan fingerprint density at radius 3 is 1.55 bits per heavy atom. The van der Waals surface area contributed by atoms with Gasteiger partial charge in [-0.05, 0) is 97.6 Å². The number of nitrogens with zero attached hydrogens (tertiary/aromatic N) is 2.